The van der Waals surface area contributed by atoms with Gasteiger partial charge in [0.05, 0.1) is 5.56 Å². The summed E-state index contributed by atoms with van der Waals surface area (Å²) in [5, 5.41) is 0. The van der Waals surface area contributed by atoms with Gasteiger partial charge in [0.2, 0.25) is 0 Å². The monoisotopic (exact) mass is 304 g/mol. The van der Waals surface area contributed by atoms with Crippen LogP contribution in [0.2, 0.25) is 0 Å². The Morgan fingerprint density at radius 2 is 1.22 bits per heavy atom. The molecule has 0 bridgehead atoms. The average Bonchev–Trinajstić information content (AvgIpc) is 2.62. The molecular weight excluding hydrogens is 284 g/mol. The average molecular weight is 304 g/mol. The molecule has 0 N–H and O–H groups in total. The van der Waals surface area contributed by atoms with Crippen LogP contribution in [0.1, 0.15) is 21.5 Å². The highest BCUT2D eigenvalue weighted by molar-refractivity contribution is 5.89. The number of aryl methyl sites for hydroxylation is 1. The van der Waals surface area contributed by atoms with Gasteiger partial charge in [0.15, 0.2) is 0 Å². The molecule has 0 aliphatic carbocycles. The smallest absolute Gasteiger partial charge is 0.338 e. The highest BCUT2D eigenvalue weighted by atomic mass is 16.5. The molecule has 0 saturated carbocycles. The van der Waals surface area contributed by atoms with Gasteiger partial charge in [-0.3, -0.25) is 0 Å². The van der Waals surface area contributed by atoms with Crippen LogP contribution in [-0.4, -0.2) is 5.97 Å². The summed E-state index contributed by atoms with van der Waals surface area (Å²) in [5.74, 6) is -0.288. The van der Waals surface area contributed by atoms with Crippen molar-refractivity contribution < 1.29 is 9.53 Å². The summed E-state index contributed by atoms with van der Waals surface area (Å²) < 4.78 is 5.18. The van der Waals surface area contributed by atoms with E-state index in [1.165, 1.54) is 5.56 Å². The van der Waals surface area contributed by atoms with Gasteiger partial charge in [-0.05, 0) is 24.6 Å². The summed E-state index contributed by atoms with van der Waals surface area (Å²) in [4.78, 5) is 11.6. The molecule has 2 nitrogen and oxygen atoms in total. The lowest BCUT2D eigenvalue weighted by atomic mass is 10.2. The third-order valence-electron chi connectivity index (χ3n) is 3.16. The molecule has 0 atom stereocenters. The topological polar surface area (TPSA) is 26.3 Å². The summed E-state index contributed by atoms with van der Waals surface area (Å²) in [5.41, 5.74) is 2.90. The van der Waals surface area contributed by atoms with Crippen molar-refractivity contribution in [1.82, 2.24) is 0 Å². The van der Waals surface area contributed by atoms with Gasteiger partial charge in [0.25, 0.3) is 0 Å². The van der Waals surface area contributed by atoms with E-state index in [-0.39, 0.29) is 5.97 Å². The Morgan fingerprint density at radius 3 is 1.70 bits per heavy atom. The Bertz CT molecular complexity index is 692. The number of carbonyl (C=O) groups excluding carboxylic acids is 1. The maximum Gasteiger partial charge on any atom is 0.338 e. The number of hydrogen-bond acceptors (Lipinski definition) is 2. The molecule has 0 unspecified atom stereocenters. The molecule has 0 amide bonds. The SMILES string of the molecule is Cc1ccccc1.O=C(OCc1ccccc1)c1ccccc1. The van der Waals surface area contributed by atoms with Crippen molar-refractivity contribution >= 4 is 5.97 Å². The molecular formula is C21H20O2. The van der Waals surface area contributed by atoms with Crippen LogP contribution in [0.5, 0.6) is 0 Å². The number of benzene rings is 3. The molecule has 0 aliphatic heterocycles. The number of hydrogen-bond donors (Lipinski definition) is 0. The summed E-state index contributed by atoms with van der Waals surface area (Å²) in [6.07, 6.45) is 0. The molecule has 3 rings (SSSR count). The molecule has 23 heavy (non-hydrogen) atoms. The Kier molecular flexibility index (Phi) is 6.61. The Morgan fingerprint density at radius 1 is 0.739 bits per heavy atom. The van der Waals surface area contributed by atoms with Gasteiger partial charge in [0.1, 0.15) is 6.61 Å². The quantitative estimate of drug-likeness (QED) is 0.634. The van der Waals surface area contributed by atoms with Gasteiger partial charge in [-0.25, -0.2) is 4.79 Å². The normalized spacial score (nSPS) is 9.43. The minimum atomic E-state index is -0.288. The Labute approximate surface area is 137 Å². The molecule has 0 saturated heterocycles. The zero-order chi connectivity index (χ0) is 16.3. The lowest BCUT2D eigenvalue weighted by Gasteiger charge is -2.04. The van der Waals surface area contributed by atoms with Crippen LogP contribution in [0.25, 0.3) is 0 Å². The lowest BCUT2D eigenvalue weighted by molar-refractivity contribution is 0.0472. The van der Waals surface area contributed by atoms with E-state index in [1.807, 2.05) is 66.7 Å². The third-order valence-corrected chi connectivity index (χ3v) is 3.16. The second-order valence-electron chi connectivity index (χ2n) is 5.08. The first-order valence-electron chi connectivity index (χ1n) is 7.53. The Balaban J connectivity index is 0.000000229. The highest BCUT2D eigenvalue weighted by Crippen LogP contribution is 2.05. The van der Waals surface area contributed by atoms with Crippen LogP contribution in [-0.2, 0) is 11.3 Å². The van der Waals surface area contributed by atoms with E-state index in [9.17, 15) is 4.79 Å². The van der Waals surface area contributed by atoms with Gasteiger partial charge >= 0.3 is 5.97 Å². The first-order chi connectivity index (χ1) is 11.3. The van der Waals surface area contributed by atoms with Gasteiger partial charge in [0, 0.05) is 0 Å². The van der Waals surface area contributed by atoms with Crippen molar-refractivity contribution in [1.29, 1.82) is 0 Å². The van der Waals surface area contributed by atoms with Crippen molar-refractivity contribution in [3.05, 3.63) is 108 Å². The first-order valence-corrected chi connectivity index (χ1v) is 7.53. The predicted octanol–water partition coefficient (Wildman–Crippen LogP) is 5.04. The summed E-state index contributed by atoms with van der Waals surface area (Å²) in [6, 6.07) is 28.9. The molecule has 0 heterocycles. The van der Waals surface area contributed by atoms with E-state index in [2.05, 4.69) is 19.1 Å². The molecule has 3 aromatic rings. The number of rotatable bonds is 3. The van der Waals surface area contributed by atoms with Crippen molar-refractivity contribution in [3.8, 4) is 0 Å². The maximum atomic E-state index is 11.6. The van der Waals surface area contributed by atoms with Crippen LogP contribution in [0.4, 0.5) is 0 Å². The maximum absolute atomic E-state index is 11.6. The van der Waals surface area contributed by atoms with Crippen molar-refractivity contribution in [2.24, 2.45) is 0 Å². The fourth-order valence-corrected chi connectivity index (χ4v) is 1.92. The summed E-state index contributed by atoms with van der Waals surface area (Å²) >= 11 is 0. The largest absolute Gasteiger partial charge is 0.457 e. The molecule has 2 heteroatoms. The number of carbonyl (C=O) groups is 1. The van der Waals surface area contributed by atoms with Crippen LogP contribution >= 0.6 is 0 Å². The van der Waals surface area contributed by atoms with Crippen LogP contribution in [0.3, 0.4) is 0 Å². The minimum absolute atomic E-state index is 0.288. The zero-order valence-electron chi connectivity index (χ0n) is 13.2. The molecule has 116 valence electrons. The van der Waals surface area contributed by atoms with Crippen LogP contribution in [0, 0.1) is 6.92 Å². The van der Waals surface area contributed by atoms with Gasteiger partial charge in [-0.15, -0.1) is 0 Å². The van der Waals surface area contributed by atoms with E-state index in [1.54, 1.807) is 12.1 Å². The first kappa shape index (κ1) is 16.5. The third kappa shape index (κ3) is 6.18. The van der Waals surface area contributed by atoms with Crippen molar-refractivity contribution in [2.45, 2.75) is 13.5 Å². The standard InChI is InChI=1S/C14H12O2.C7H8/c15-14(13-9-5-2-6-10-13)16-11-12-7-3-1-4-8-12;1-7-5-3-2-4-6-7/h1-10H,11H2;2-6H,1H3. The van der Waals surface area contributed by atoms with E-state index < -0.39 is 0 Å². The van der Waals surface area contributed by atoms with E-state index >= 15 is 0 Å². The fraction of sp³-hybridized carbons (Fsp3) is 0.0952. The fourth-order valence-electron chi connectivity index (χ4n) is 1.92. The zero-order valence-corrected chi connectivity index (χ0v) is 13.2. The molecule has 3 aromatic carbocycles. The van der Waals surface area contributed by atoms with Crippen molar-refractivity contribution in [2.75, 3.05) is 0 Å². The highest BCUT2D eigenvalue weighted by Gasteiger charge is 2.05. The van der Waals surface area contributed by atoms with Gasteiger partial charge < -0.3 is 4.74 Å². The van der Waals surface area contributed by atoms with Gasteiger partial charge in [-0.2, -0.15) is 0 Å². The van der Waals surface area contributed by atoms with E-state index in [0.717, 1.165) is 5.56 Å². The lowest BCUT2D eigenvalue weighted by Crippen LogP contribution is -2.04. The predicted molar refractivity (Wildman–Crippen MR) is 93.2 cm³/mol. The van der Waals surface area contributed by atoms with Crippen LogP contribution < -0.4 is 0 Å². The molecule has 0 aromatic heterocycles. The second kappa shape index (κ2) is 9.21. The van der Waals surface area contributed by atoms with Crippen LogP contribution in [0.15, 0.2) is 91.0 Å². The molecule has 0 aliphatic rings. The van der Waals surface area contributed by atoms with Gasteiger partial charge in [-0.1, -0.05) is 84.4 Å². The molecule has 0 fully saturated rings. The number of ether oxygens (including phenoxy) is 1. The Hall–Kier alpha value is -2.87. The summed E-state index contributed by atoms with van der Waals surface area (Å²) in [6.45, 7) is 2.40. The van der Waals surface area contributed by atoms with Crippen molar-refractivity contribution in [3.63, 3.8) is 0 Å². The minimum Gasteiger partial charge on any atom is -0.457 e. The second-order valence-corrected chi connectivity index (χ2v) is 5.08. The molecule has 0 spiro atoms. The molecule has 0 radical (unpaired) electrons. The summed E-state index contributed by atoms with van der Waals surface area (Å²) in [7, 11) is 0. The van der Waals surface area contributed by atoms with E-state index in [4.69, 9.17) is 4.74 Å². The number of esters is 1. The van der Waals surface area contributed by atoms with E-state index in [0.29, 0.717) is 12.2 Å².